The Morgan fingerprint density at radius 3 is 3.00 bits per heavy atom. The predicted octanol–water partition coefficient (Wildman–Crippen LogP) is 1.91. The monoisotopic (exact) mass is 367 g/mol. The topological polar surface area (TPSA) is 81.9 Å². The molecular weight excluding hydrogens is 350 g/mol. The number of amides is 1. The number of hydrogen-bond acceptors (Lipinski definition) is 6. The third kappa shape index (κ3) is 4.93. The van der Waals surface area contributed by atoms with Crippen LogP contribution in [0.15, 0.2) is 29.4 Å². The Labute approximate surface area is 149 Å². The van der Waals surface area contributed by atoms with Crippen molar-refractivity contribution in [2.45, 2.75) is 37.2 Å². The molecule has 1 aliphatic heterocycles. The molecule has 0 radical (unpaired) electrons. The molecule has 1 N–H and O–H groups in total. The summed E-state index contributed by atoms with van der Waals surface area (Å²) in [5.41, 5.74) is 1.00. The van der Waals surface area contributed by atoms with Crippen LogP contribution in [0.1, 0.15) is 18.4 Å². The van der Waals surface area contributed by atoms with Crippen molar-refractivity contribution in [2.75, 3.05) is 12.4 Å². The summed E-state index contributed by atoms with van der Waals surface area (Å²) in [6.45, 7) is 1.89. The highest BCUT2D eigenvalue weighted by molar-refractivity contribution is 7.99. The second-order valence-electron chi connectivity index (χ2n) is 5.47. The Bertz CT molecular complexity index is 673. The minimum atomic E-state index is -0.0679. The van der Waals surface area contributed by atoms with Gasteiger partial charge < -0.3 is 10.1 Å². The van der Waals surface area contributed by atoms with Crippen LogP contribution in [0.4, 0.5) is 0 Å². The Morgan fingerprint density at radius 2 is 2.25 bits per heavy atom. The zero-order valence-electron chi connectivity index (χ0n) is 13.0. The number of thioether (sulfide) groups is 1. The van der Waals surface area contributed by atoms with Gasteiger partial charge in [-0.25, -0.2) is 4.68 Å². The van der Waals surface area contributed by atoms with Gasteiger partial charge in [-0.05, 0) is 41.0 Å². The summed E-state index contributed by atoms with van der Waals surface area (Å²) >= 11 is 7.16. The van der Waals surface area contributed by atoms with Crippen molar-refractivity contribution >= 4 is 29.3 Å². The average molecular weight is 368 g/mol. The second-order valence-corrected chi connectivity index (χ2v) is 6.85. The lowest BCUT2D eigenvalue weighted by Crippen LogP contribution is -2.25. The molecule has 1 amide bonds. The van der Waals surface area contributed by atoms with Crippen LogP contribution in [0.3, 0.4) is 0 Å². The fourth-order valence-corrected chi connectivity index (χ4v) is 3.22. The van der Waals surface area contributed by atoms with Gasteiger partial charge in [0.15, 0.2) is 0 Å². The molecule has 7 nitrogen and oxygen atoms in total. The van der Waals surface area contributed by atoms with Gasteiger partial charge >= 0.3 is 0 Å². The van der Waals surface area contributed by atoms with Crippen LogP contribution in [-0.2, 0) is 22.6 Å². The van der Waals surface area contributed by atoms with Crippen molar-refractivity contribution in [1.82, 2.24) is 25.5 Å². The average Bonchev–Trinajstić information content (AvgIpc) is 3.25. The number of nitrogens with one attached hydrogen (secondary N) is 1. The van der Waals surface area contributed by atoms with E-state index in [-0.39, 0.29) is 17.8 Å². The van der Waals surface area contributed by atoms with E-state index in [1.54, 1.807) is 16.8 Å². The Kier molecular flexibility index (Phi) is 6.06. The summed E-state index contributed by atoms with van der Waals surface area (Å²) in [7, 11) is 0. The Balaban J connectivity index is 1.44. The third-order valence-electron chi connectivity index (χ3n) is 3.63. The molecule has 1 saturated heterocycles. The van der Waals surface area contributed by atoms with E-state index in [0.717, 1.165) is 25.0 Å². The maximum absolute atomic E-state index is 12.0. The van der Waals surface area contributed by atoms with E-state index in [1.807, 2.05) is 12.1 Å². The molecule has 128 valence electrons. The Morgan fingerprint density at radius 1 is 1.42 bits per heavy atom. The van der Waals surface area contributed by atoms with Crippen LogP contribution < -0.4 is 5.32 Å². The number of hydrogen-bond donors (Lipinski definition) is 1. The van der Waals surface area contributed by atoms with Gasteiger partial charge in [0.2, 0.25) is 11.1 Å². The van der Waals surface area contributed by atoms with Crippen LogP contribution >= 0.6 is 23.4 Å². The molecule has 1 aromatic carbocycles. The van der Waals surface area contributed by atoms with Gasteiger partial charge in [0.05, 0.1) is 18.4 Å². The fraction of sp³-hybridized carbons (Fsp3) is 0.467. The number of ether oxygens (including phenoxy) is 1. The maximum atomic E-state index is 12.0. The largest absolute Gasteiger partial charge is 0.376 e. The highest BCUT2D eigenvalue weighted by atomic mass is 35.5. The van der Waals surface area contributed by atoms with Gasteiger partial charge in [-0.15, -0.1) is 5.10 Å². The lowest BCUT2D eigenvalue weighted by molar-refractivity contribution is -0.118. The highest BCUT2D eigenvalue weighted by Crippen LogP contribution is 2.18. The SMILES string of the molecule is O=C(CSc1nnnn1CC1CCCO1)NCc1ccc(Cl)cc1. The van der Waals surface area contributed by atoms with Crippen LogP contribution in [-0.4, -0.2) is 44.6 Å². The first-order chi connectivity index (χ1) is 11.7. The number of rotatable bonds is 7. The lowest BCUT2D eigenvalue weighted by atomic mass is 10.2. The molecule has 0 spiro atoms. The Hall–Kier alpha value is -1.64. The molecule has 1 atom stereocenters. The van der Waals surface area contributed by atoms with Crippen molar-refractivity contribution < 1.29 is 9.53 Å². The highest BCUT2D eigenvalue weighted by Gasteiger charge is 2.19. The zero-order chi connectivity index (χ0) is 16.8. The first-order valence-electron chi connectivity index (χ1n) is 7.72. The van der Waals surface area contributed by atoms with E-state index in [1.165, 1.54) is 11.8 Å². The van der Waals surface area contributed by atoms with E-state index in [9.17, 15) is 4.79 Å². The molecule has 0 bridgehead atoms. The summed E-state index contributed by atoms with van der Waals surface area (Å²) in [5, 5.41) is 15.8. The van der Waals surface area contributed by atoms with Crippen molar-refractivity contribution in [3.63, 3.8) is 0 Å². The van der Waals surface area contributed by atoms with Gasteiger partial charge in [-0.2, -0.15) is 0 Å². The van der Waals surface area contributed by atoms with Crippen molar-refractivity contribution in [2.24, 2.45) is 0 Å². The number of carbonyl (C=O) groups excluding carboxylic acids is 1. The molecule has 0 aliphatic carbocycles. The summed E-state index contributed by atoms with van der Waals surface area (Å²) in [5.74, 6) is 0.195. The standard InChI is InChI=1S/C15H18ClN5O2S/c16-12-5-3-11(4-6-12)8-17-14(22)10-24-15-18-19-20-21(15)9-13-2-1-7-23-13/h3-6,13H,1-2,7-10H2,(H,17,22). The van der Waals surface area contributed by atoms with E-state index in [4.69, 9.17) is 16.3 Å². The minimum absolute atomic E-state index is 0.0679. The van der Waals surface area contributed by atoms with Crippen LogP contribution in [0.5, 0.6) is 0 Å². The van der Waals surface area contributed by atoms with Gasteiger partial charge in [0.1, 0.15) is 0 Å². The molecular formula is C15H18ClN5O2S. The van der Waals surface area contributed by atoms with Gasteiger partial charge in [0.25, 0.3) is 0 Å². The summed E-state index contributed by atoms with van der Waals surface area (Å²) in [4.78, 5) is 12.0. The zero-order valence-corrected chi connectivity index (χ0v) is 14.6. The molecule has 9 heteroatoms. The molecule has 1 fully saturated rings. The van der Waals surface area contributed by atoms with Crippen molar-refractivity contribution in [1.29, 1.82) is 0 Å². The first-order valence-corrected chi connectivity index (χ1v) is 9.09. The lowest BCUT2D eigenvalue weighted by Gasteiger charge is -2.10. The quantitative estimate of drug-likeness (QED) is 0.753. The second kappa shape index (κ2) is 8.46. The summed E-state index contributed by atoms with van der Waals surface area (Å²) in [6.07, 6.45) is 2.25. The number of carbonyl (C=O) groups is 1. The fourth-order valence-electron chi connectivity index (χ4n) is 2.38. The molecule has 2 heterocycles. The molecule has 1 aromatic heterocycles. The van der Waals surface area contributed by atoms with Crippen LogP contribution in [0.2, 0.25) is 5.02 Å². The minimum Gasteiger partial charge on any atom is -0.376 e. The van der Waals surface area contributed by atoms with E-state index in [2.05, 4.69) is 20.8 Å². The molecule has 1 unspecified atom stereocenters. The molecule has 1 aliphatic rings. The normalized spacial score (nSPS) is 17.1. The van der Waals surface area contributed by atoms with Gasteiger partial charge in [-0.3, -0.25) is 4.79 Å². The maximum Gasteiger partial charge on any atom is 0.230 e. The number of nitrogens with zero attached hydrogens (tertiary/aromatic N) is 4. The van der Waals surface area contributed by atoms with Crippen LogP contribution in [0.25, 0.3) is 0 Å². The number of tetrazole rings is 1. The number of aromatic nitrogens is 4. The van der Waals surface area contributed by atoms with Crippen molar-refractivity contribution in [3.8, 4) is 0 Å². The molecule has 2 aromatic rings. The summed E-state index contributed by atoms with van der Waals surface area (Å²) < 4.78 is 7.29. The van der Waals surface area contributed by atoms with Crippen molar-refractivity contribution in [3.05, 3.63) is 34.9 Å². The third-order valence-corrected chi connectivity index (χ3v) is 4.84. The first kappa shape index (κ1) is 17.2. The molecule has 0 saturated carbocycles. The number of halogens is 1. The van der Waals surface area contributed by atoms with E-state index < -0.39 is 0 Å². The molecule has 24 heavy (non-hydrogen) atoms. The van der Waals surface area contributed by atoms with E-state index in [0.29, 0.717) is 23.3 Å². The van der Waals surface area contributed by atoms with Gasteiger partial charge in [-0.1, -0.05) is 35.5 Å². The van der Waals surface area contributed by atoms with Crippen LogP contribution in [0, 0.1) is 0 Å². The van der Waals surface area contributed by atoms with E-state index >= 15 is 0 Å². The predicted molar refractivity (Wildman–Crippen MR) is 90.8 cm³/mol. The number of benzene rings is 1. The summed E-state index contributed by atoms with van der Waals surface area (Å²) in [6, 6.07) is 7.38. The molecule has 3 rings (SSSR count). The van der Waals surface area contributed by atoms with Gasteiger partial charge in [0, 0.05) is 18.2 Å². The smallest absolute Gasteiger partial charge is 0.230 e.